The normalized spacial score (nSPS) is 12.5. The maximum atomic E-state index is 13.6. The summed E-state index contributed by atoms with van der Waals surface area (Å²) in [5.41, 5.74) is 2.25. The number of nitrogens with one attached hydrogen (secondary N) is 1. The van der Waals surface area contributed by atoms with Gasteiger partial charge in [-0.15, -0.1) is 11.3 Å². The molecule has 1 amide bonds. The number of ether oxygens (including phenoxy) is 1. The Morgan fingerprint density at radius 2 is 1.82 bits per heavy atom. The van der Waals surface area contributed by atoms with Gasteiger partial charge in [0.2, 0.25) is 10.0 Å². The molecule has 0 bridgehead atoms. The third-order valence-corrected chi connectivity index (χ3v) is 7.68. The number of hydrogen-bond donors (Lipinski definition) is 3. The number of aromatic hydroxyl groups is 1. The topological polar surface area (TPSA) is 116 Å². The first-order chi connectivity index (χ1) is 15.8. The van der Waals surface area contributed by atoms with Crippen LogP contribution in [0.1, 0.15) is 23.8 Å². The van der Waals surface area contributed by atoms with Crippen LogP contribution in [0, 0.1) is 0 Å². The molecule has 3 N–H and O–H groups in total. The zero-order valence-electron chi connectivity index (χ0n) is 18.0. The highest BCUT2D eigenvalue weighted by Crippen LogP contribution is 2.26. The van der Waals surface area contributed by atoms with E-state index in [0.717, 1.165) is 15.6 Å². The molecule has 3 aromatic rings. The highest BCUT2D eigenvalue weighted by Gasteiger charge is 2.36. The maximum absolute atomic E-state index is 13.6. The molecule has 0 saturated heterocycles. The molecular weight excluding hydrogens is 464 g/mol. The number of hydroxylamine groups is 1. The van der Waals surface area contributed by atoms with E-state index in [0.29, 0.717) is 17.9 Å². The van der Waals surface area contributed by atoms with Gasteiger partial charge in [0.15, 0.2) is 0 Å². The summed E-state index contributed by atoms with van der Waals surface area (Å²) in [7, 11) is -4.17. The number of benzene rings is 2. The number of nitrogens with zero attached hydrogens (tertiary/aromatic N) is 1. The van der Waals surface area contributed by atoms with E-state index in [9.17, 15) is 23.5 Å². The zero-order chi connectivity index (χ0) is 23.8. The zero-order valence-corrected chi connectivity index (χ0v) is 19.7. The van der Waals surface area contributed by atoms with Gasteiger partial charge in [-0.2, -0.15) is 4.31 Å². The SMILES string of the molecule is CCCOc1ccc(CN([C@H](Cc2cccs2)C(=O)NO)S(=O)(=O)c2ccc(O)cc2)cc1. The number of carbonyl (C=O) groups is 1. The highest BCUT2D eigenvalue weighted by atomic mass is 32.2. The molecule has 1 aromatic heterocycles. The lowest BCUT2D eigenvalue weighted by Crippen LogP contribution is -2.49. The van der Waals surface area contributed by atoms with Gasteiger partial charge in [-0.3, -0.25) is 10.0 Å². The van der Waals surface area contributed by atoms with Crippen LogP contribution in [0.4, 0.5) is 0 Å². The summed E-state index contributed by atoms with van der Waals surface area (Å²) in [4.78, 5) is 13.4. The van der Waals surface area contributed by atoms with Crippen molar-refractivity contribution in [3.05, 3.63) is 76.5 Å². The van der Waals surface area contributed by atoms with Crippen molar-refractivity contribution in [2.75, 3.05) is 6.61 Å². The van der Waals surface area contributed by atoms with E-state index in [4.69, 9.17) is 4.74 Å². The van der Waals surface area contributed by atoms with Crippen LogP contribution in [-0.4, -0.2) is 41.6 Å². The lowest BCUT2D eigenvalue weighted by Gasteiger charge is -2.29. The second-order valence-electron chi connectivity index (χ2n) is 7.31. The summed E-state index contributed by atoms with van der Waals surface area (Å²) in [6.07, 6.45) is 0.945. The number of amides is 1. The number of thiophene rings is 1. The fourth-order valence-electron chi connectivity index (χ4n) is 3.23. The molecule has 33 heavy (non-hydrogen) atoms. The van der Waals surface area contributed by atoms with Crippen LogP contribution < -0.4 is 10.2 Å². The lowest BCUT2D eigenvalue weighted by molar-refractivity contribution is -0.133. The molecular formula is C23H26N2O6S2. The molecule has 10 heteroatoms. The molecule has 3 rings (SSSR count). The van der Waals surface area contributed by atoms with E-state index < -0.39 is 22.0 Å². The van der Waals surface area contributed by atoms with E-state index in [1.807, 2.05) is 18.4 Å². The van der Waals surface area contributed by atoms with Gasteiger partial charge in [0.1, 0.15) is 17.5 Å². The van der Waals surface area contributed by atoms with Crippen LogP contribution in [-0.2, 0) is 27.8 Å². The van der Waals surface area contributed by atoms with Gasteiger partial charge in [-0.05, 0) is 59.8 Å². The van der Waals surface area contributed by atoms with Crippen molar-refractivity contribution < 1.29 is 28.3 Å². The molecule has 8 nitrogen and oxygen atoms in total. The van der Waals surface area contributed by atoms with Gasteiger partial charge >= 0.3 is 0 Å². The van der Waals surface area contributed by atoms with Crippen LogP contribution in [0.5, 0.6) is 11.5 Å². The molecule has 0 saturated carbocycles. The van der Waals surface area contributed by atoms with Crippen LogP contribution >= 0.6 is 11.3 Å². The van der Waals surface area contributed by atoms with Crippen LogP contribution in [0.3, 0.4) is 0 Å². The van der Waals surface area contributed by atoms with E-state index in [1.54, 1.807) is 35.8 Å². The Labute approximate surface area is 197 Å². The molecule has 0 spiro atoms. The first-order valence-corrected chi connectivity index (χ1v) is 12.7. The quantitative estimate of drug-likeness (QED) is 0.280. The Morgan fingerprint density at radius 3 is 2.39 bits per heavy atom. The molecule has 1 atom stereocenters. The molecule has 0 unspecified atom stereocenters. The van der Waals surface area contributed by atoms with E-state index in [1.165, 1.54) is 35.6 Å². The minimum absolute atomic E-state index is 0.0774. The Bertz CT molecular complexity index is 1130. The molecule has 0 aliphatic heterocycles. The summed E-state index contributed by atoms with van der Waals surface area (Å²) in [6, 6.07) is 14.5. The van der Waals surface area contributed by atoms with Gasteiger partial charge in [0.25, 0.3) is 5.91 Å². The molecule has 0 aliphatic carbocycles. The largest absolute Gasteiger partial charge is 0.508 e. The fraction of sp³-hybridized carbons (Fsp3) is 0.261. The Kier molecular flexibility index (Phi) is 8.45. The second-order valence-corrected chi connectivity index (χ2v) is 10.2. The summed E-state index contributed by atoms with van der Waals surface area (Å²) >= 11 is 1.39. The summed E-state index contributed by atoms with van der Waals surface area (Å²) < 4.78 is 33.9. The first-order valence-electron chi connectivity index (χ1n) is 10.3. The second kappa shape index (κ2) is 11.3. The third kappa shape index (κ3) is 6.32. The molecule has 1 heterocycles. The van der Waals surface area contributed by atoms with Gasteiger partial charge in [-0.25, -0.2) is 13.9 Å². The lowest BCUT2D eigenvalue weighted by atomic mass is 10.1. The van der Waals surface area contributed by atoms with Crippen molar-refractivity contribution in [2.45, 2.75) is 37.2 Å². The van der Waals surface area contributed by atoms with Gasteiger partial charge in [0.05, 0.1) is 11.5 Å². The molecule has 176 valence electrons. The molecule has 0 radical (unpaired) electrons. The predicted octanol–water partition coefficient (Wildman–Crippen LogP) is 3.55. The van der Waals surface area contributed by atoms with Gasteiger partial charge in [-0.1, -0.05) is 25.1 Å². The Hall–Kier alpha value is -2.92. The highest BCUT2D eigenvalue weighted by molar-refractivity contribution is 7.89. The maximum Gasteiger partial charge on any atom is 0.262 e. The van der Waals surface area contributed by atoms with Gasteiger partial charge < -0.3 is 9.84 Å². The summed E-state index contributed by atoms with van der Waals surface area (Å²) in [5, 5.41) is 20.8. The van der Waals surface area contributed by atoms with E-state index >= 15 is 0 Å². The monoisotopic (exact) mass is 490 g/mol. The summed E-state index contributed by atoms with van der Waals surface area (Å²) in [6.45, 7) is 2.46. The number of rotatable bonds is 11. The van der Waals surface area contributed by atoms with Gasteiger partial charge in [0, 0.05) is 17.8 Å². The van der Waals surface area contributed by atoms with E-state index in [-0.39, 0.29) is 23.6 Å². The Balaban J connectivity index is 2.00. The van der Waals surface area contributed by atoms with Crippen molar-refractivity contribution >= 4 is 27.3 Å². The van der Waals surface area contributed by atoms with E-state index in [2.05, 4.69) is 0 Å². The third-order valence-electron chi connectivity index (χ3n) is 4.91. The van der Waals surface area contributed by atoms with Crippen molar-refractivity contribution in [1.29, 1.82) is 0 Å². The van der Waals surface area contributed by atoms with Crippen molar-refractivity contribution in [1.82, 2.24) is 9.79 Å². The number of carbonyl (C=O) groups excluding carboxylic acids is 1. The minimum Gasteiger partial charge on any atom is -0.508 e. The fourth-order valence-corrected chi connectivity index (χ4v) is 5.54. The summed E-state index contributed by atoms with van der Waals surface area (Å²) in [5.74, 6) is -0.253. The molecule has 2 aromatic carbocycles. The van der Waals surface area contributed by atoms with Crippen LogP contribution in [0.2, 0.25) is 0 Å². The number of hydrogen-bond acceptors (Lipinski definition) is 7. The van der Waals surface area contributed by atoms with Crippen molar-refractivity contribution in [3.8, 4) is 11.5 Å². The average Bonchev–Trinajstić information content (AvgIpc) is 3.33. The van der Waals surface area contributed by atoms with Crippen molar-refractivity contribution in [3.63, 3.8) is 0 Å². The van der Waals surface area contributed by atoms with Crippen molar-refractivity contribution in [2.24, 2.45) is 0 Å². The number of sulfonamides is 1. The minimum atomic E-state index is -4.17. The van der Waals surface area contributed by atoms with Crippen LogP contribution in [0.25, 0.3) is 0 Å². The first kappa shape index (κ1) is 24.7. The predicted molar refractivity (Wildman–Crippen MR) is 125 cm³/mol. The standard InChI is InChI=1S/C23H26N2O6S2/c1-2-13-31-19-9-5-17(6-10-19)16-25(33(29,30)21-11-7-18(26)8-12-21)22(23(27)24-28)15-20-4-3-14-32-20/h3-12,14,22,26,28H,2,13,15-16H2,1H3,(H,24,27)/t22-/m1/s1. The number of phenols is 1. The van der Waals surface area contributed by atoms with Crippen LogP contribution in [0.15, 0.2) is 70.9 Å². The average molecular weight is 491 g/mol. The number of phenolic OH excluding ortho intramolecular Hbond substituents is 1. The Morgan fingerprint density at radius 1 is 1.12 bits per heavy atom. The molecule has 0 aliphatic rings. The smallest absolute Gasteiger partial charge is 0.262 e. The molecule has 0 fully saturated rings.